The molecule has 1 rings (SSSR count). The zero-order valence-corrected chi connectivity index (χ0v) is 9.88. The first-order valence-electron chi connectivity index (χ1n) is 3.22. The predicted octanol–water partition coefficient (Wildman–Crippen LogP) is 3.26. The maximum Gasteiger partial charge on any atom is 0.0209 e. The van der Waals surface area contributed by atoms with Gasteiger partial charge >= 0.3 is 0 Å². The van der Waals surface area contributed by atoms with Gasteiger partial charge in [-0.05, 0) is 0 Å². The molecule has 0 aromatic heterocycles. The van der Waals surface area contributed by atoms with Crippen molar-refractivity contribution in [2.24, 2.45) is 0 Å². The fraction of sp³-hybridized carbons (Fsp3) is 0.333. The van der Waals surface area contributed by atoms with E-state index in [2.05, 4.69) is 47.7 Å². The van der Waals surface area contributed by atoms with Crippen LogP contribution in [0.25, 0.3) is 0 Å². The predicted molar refractivity (Wildman–Crippen MR) is 50.2 cm³/mol. The van der Waals surface area contributed by atoms with Crippen molar-refractivity contribution >= 4 is 15.9 Å². The Labute approximate surface area is 92.5 Å². The SMILES string of the molecule is C=CCBr.CC1=[C-]CC=C1.[Ti]. The van der Waals surface area contributed by atoms with E-state index in [1.54, 1.807) is 6.08 Å². The Bertz CT molecular complexity index is 145. The van der Waals surface area contributed by atoms with Crippen molar-refractivity contribution in [1.29, 1.82) is 0 Å². The Balaban J connectivity index is 0. The van der Waals surface area contributed by atoms with E-state index in [9.17, 15) is 0 Å². The summed E-state index contributed by atoms with van der Waals surface area (Å²) in [6.07, 6.45) is 10.1. The third-order valence-electron chi connectivity index (χ3n) is 0.976. The van der Waals surface area contributed by atoms with Gasteiger partial charge in [-0.15, -0.1) is 13.0 Å². The molecule has 1 aliphatic carbocycles. The molecule has 0 aromatic carbocycles. The van der Waals surface area contributed by atoms with E-state index in [4.69, 9.17) is 0 Å². The van der Waals surface area contributed by atoms with Gasteiger partial charge in [0.1, 0.15) is 0 Å². The molecule has 0 nitrogen and oxygen atoms in total. The van der Waals surface area contributed by atoms with Gasteiger partial charge in [0, 0.05) is 27.0 Å². The van der Waals surface area contributed by atoms with Crippen LogP contribution in [-0.4, -0.2) is 5.33 Å². The van der Waals surface area contributed by atoms with Crippen LogP contribution in [0.5, 0.6) is 0 Å². The van der Waals surface area contributed by atoms with Crippen LogP contribution in [0.3, 0.4) is 0 Å². The van der Waals surface area contributed by atoms with E-state index >= 15 is 0 Å². The Kier molecular flexibility index (Phi) is 13.2. The molecule has 2 heteroatoms. The molecule has 1 aliphatic rings. The molecule has 0 unspecified atom stereocenters. The minimum atomic E-state index is 0. The molecule has 0 radical (unpaired) electrons. The van der Waals surface area contributed by atoms with Crippen LogP contribution in [0.15, 0.2) is 30.4 Å². The number of hydrogen-bond acceptors (Lipinski definition) is 0. The number of halogens is 1. The molecule has 0 bridgehead atoms. The summed E-state index contributed by atoms with van der Waals surface area (Å²) in [5.74, 6) is 0. The molecule has 0 aliphatic heterocycles. The van der Waals surface area contributed by atoms with E-state index in [1.807, 2.05) is 0 Å². The van der Waals surface area contributed by atoms with Gasteiger partial charge in [0.05, 0.1) is 0 Å². The first-order chi connectivity index (χ1) is 4.81. The van der Waals surface area contributed by atoms with Crippen LogP contribution >= 0.6 is 15.9 Å². The van der Waals surface area contributed by atoms with Gasteiger partial charge < -0.3 is 0 Å². The van der Waals surface area contributed by atoms with Gasteiger partial charge in [-0.25, -0.2) is 11.6 Å². The van der Waals surface area contributed by atoms with Gasteiger partial charge in [-0.1, -0.05) is 28.9 Å². The molecule has 11 heavy (non-hydrogen) atoms. The average molecular weight is 248 g/mol. The van der Waals surface area contributed by atoms with Gasteiger partial charge in [0.2, 0.25) is 0 Å². The van der Waals surface area contributed by atoms with Gasteiger partial charge in [0.15, 0.2) is 0 Å². The molecule has 0 saturated carbocycles. The molecule has 0 aromatic rings. The first kappa shape index (κ1) is 14.0. The topological polar surface area (TPSA) is 0 Å². The summed E-state index contributed by atoms with van der Waals surface area (Å²) in [4.78, 5) is 0. The summed E-state index contributed by atoms with van der Waals surface area (Å²) in [6, 6.07) is 0. The average Bonchev–Trinajstić information content (AvgIpc) is 2.40. The van der Waals surface area contributed by atoms with E-state index in [1.165, 1.54) is 5.57 Å². The van der Waals surface area contributed by atoms with Crippen LogP contribution in [0.4, 0.5) is 0 Å². The van der Waals surface area contributed by atoms with Crippen molar-refractivity contribution in [2.45, 2.75) is 13.3 Å². The number of rotatable bonds is 1. The molecule has 0 amide bonds. The minimum Gasteiger partial charge on any atom is -0.270 e. The maximum absolute atomic E-state index is 3.43. The van der Waals surface area contributed by atoms with Crippen LogP contribution in [-0.2, 0) is 21.7 Å². The number of alkyl halides is 1. The summed E-state index contributed by atoms with van der Waals surface area (Å²) in [5.41, 5.74) is 1.27. The van der Waals surface area contributed by atoms with Crippen molar-refractivity contribution in [3.63, 3.8) is 0 Å². The molecule has 0 spiro atoms. The fourth-order valence-corrected chi connectivity index (χ4v) is 0.515. The Morgan fingerprint density at radius 1 is 1.82 bits per heavy atom. The third kappa shape index (κ3) is 10.4. The van der Waals surface area contributed by atoms with Crippen LogP contribution in [0.1, 0.15) is 13.3 Å². The van der Waals surface area contributed by atoms with Gasteiger partial charge in [0.25, 0.3) is 0 Å². The zero-order chi connectivity index (χ0) is 7.82. The number of allylic oxidation sites excluding steroid dienone is 5. The van der Waals surface area contributed by atoms with Crippen LogP contribution in [0, 0.1) is 6.08 Å². The summed E-state index contributed by atoms with van der Waals surface area (Å²) in [5, 5.41) is 0.896. The Hall–Kier alpha value is 0.414. The molecular weight excluding hydrogens is 236 g/mol. The molecular formula is C9H12BrTi-. The molecule has 0 saturated heterocycles. The third-order valence-corrected chi connectivity index (χ3v) is 1.43. The molecule has 60 valence electrons. The summed E-state index contributed by atoms with van der Waals surface area (Å²) in [6.45, 7) is 5.49. The first-order valence-corrected chi connectivity index (χ1v) is 4.34. The van der Waals surface area contributed by atoms with Crippen molar-refractivity contribution in [2.75, 3.05) is 5.33 Å². The summed E-state index contributed by atoms with van der Waals surface area (Å²) in [7, 11) is 0. The fourth-order valence-electron chi connectivity index (χ4n) is 0.515. The summed E-state index contributed by atoms with van der Waals surface area (Å²) < 4.78 is 0. The zero-order valence-electron chi connectivity index (χ0n) is 6.73. The molecule has 0 fully saturated rings. The largest absolute Gasteiger partial charge is 0.270 e. The second-order valence-corrected chi connectivity index (χ2v) is 2.56. The van der Waals surface area contributed by atoms with E-state index < -0.39 is 0 Å². The van der Waals surface area contributed by atoms with Gasteiger partial charge in [-0.3, -0.25) is 6.08 Å². The van der Waals surface area contributed by atoms with Crippen molar-refractivity contribution in [3.8, 4) is 0 Å². The van der Waals surface area contributed by atoms with E-state index in [0.29, 0.717) is 0 Å². The van der Waals surface area contributed by atoms with Crippen LogP contribution < -0.4 is 0 Å². The van der Waals surface area contributed by atoms with E-state index in [-0.39, 0.29) is 21.7 Å². The smallest absolute Gasteiger partial charge is 0.0209 e. The molecule has 0 atom stereocenters. The van der Waals surface area contributed by atoms with Crippen molar-refractivity contribution in [3.05, 3.63) is 36.5 Å². The maximum atomic E-state index is 3.43. The standard InChI is InChI=1S/C6H7.C3H5Br.Ti/c1-6-4-2-3-5-6;1-2-3-4;/h2,4H,3H2,1H3;2H,1,3H2;/q-1;;. The van der Waals surface area contributed by atoms with Crippen molar-refractivity contribution in [1.82, 2.24) is 0 Å². The molecule has 0 heterocycles. The van der Waals surface area contributed by atoms with Crippen LogP contribution in [0.2, 0.25) is 0 Å². The van der Waals surface area contributed by atoms with E-state index in [0.717, 1.165) is 11.8 Å². The quantitative estimate of drug-likeness (QED) is 0.289. The minimum absolute atomic E-state index is 0. The number of hydrogen-bond donors (Lipinski definition) is 0. The monoisotopic (exact) mass is 247 g/mol. The normalized spacial score (nSPS) is 12.4. The Morgan fingerprint density at radius 2 is 2.36 bits per heavy atom. The summed E-state index contributed by atoms with van der Waals surface area (Å²) >= 11 is 3.13. The molecule has 0 N–H and O–H groups in total. The Morgan fingerprint density at radius 3 is 2.45 bits per heavy atom. The second-order valence-electron chi connectivity index (χ2n) is 1.91. The van der Waals surface area contributed by atoms with Gasteiger partial charge in [-0.2, -0.15) is 6.08 Å². The van der Waals surface area contributed by atoms with Crippen molar-refractivity contribution < 1.29 is 21.7 Å². The second kappa shape index (κ2) is 10.4.